The number of hydrogen-bond acceptors (Lipinski definition) is 8. The van der Waals surface area contributed by atoms with Gasteiger partial charge in [-0.05, 0) is 30.2 Å². The molecule has 10 nitrogen and oxygen atoms in total. The maximum absolute atomic E-state index is 11.7. The quantitative estimate of drug-likeness (QED) is 0.272. The minimum Gasteiger partial charge on any atom is -0.464 e. The SMILES string of the molecule is COC(=O)c1cnc(N2CCN(C(=NC#N)Nc3cccc4ncccc34)C(C(C)C)C2)cn1. The highest BCUT2D eigenvalue weighted by atomic mass is 16.5. The summed E-state index contributed by atoms with van der Waals surface area (Å²) in [6, 6.07) is 9.76. The molecule has 3 aromatic rings. The van der Waals surface area contributed by atoms with Crippen LogP contribution in [0.3, 0.4) is 0 Å². The molecule has 2 aromatic heterocycles. The third kappa shape index (κ3) is 4.73. The van der Waals surface area contributed by atoms with Gasteiger partial charge in [0.1, 0.15) is 5.82 Å². The van der Waals surface area contributed by atoms with E-state index in [1.165, 1.54) is 13.3 Å². The number of carbonyl (C=O) groups is 1. The molecule has 0 spiro atoms. The molecule has 1 aliphatic heterocycles. The zero-order valence-electron chi connectivity index (χ0n) is 19.3. The average molecular weight is 459 g/mol. The maximum Gasteiger partial charge on any atom is 0.358 e. The molecule has 0 aliphatic carbocycles. The first-order valence-electron chi connectivity index (χ1n) is 11.0. The Morgan fingerprint density at radius 1 is 1.21 bits per heavy atom. The molecular formula is C24H26N8O2. The number of ether oxygens (including phenoxy) is 1. The lowest BCUT2D eigenvalue weighted by atomic mass is 9.99. The second-order valence-electron chi connectivity index (χ2n) is 8.24. The summed E-state index contributed by atoms with van der Waals surface area (Å²) in [5.74, 6) is 0.940. The van der Waals surface area contributed by atoms with Gasteiger partial charge in [-0.25, -0.2) is 14.8 Å². The van der Waals surface area contributed by atoms with Crippen LogP contribution in [0.15, 0.2) is 53.9 Å². The zero-order chi connectivity index (χ0) is 24.1. The Kier molecular flexibility index (Phi) is 6.82. The van der Waals surface area contributed by atoms with Crippen molar-refractivity contribution in [3.05, 3.63) is 54.6 Å². The molecule has 4 rings (SSSR count). The number of esters is 1. The van der Waals surface area contributed by atoms with Gasteiger partial charge in [-0.2, -0.15) is 5.26 Å². The molecule has 1 aliphatic rings. The Morgan fingerprint density at radius 3 is 2.76 bits per heavy atom. The van der Waals surface area contributed by atoms with Crippen molar-refractivity contribution in [2.75, 3.05) is 37.0 Å². The topological polar surface area (TPSA) is 120 Å². The van der Waals surface area contributed by atoms with Crippen molar-refractivity contribution < 1.29 is 9.53 Å². The fraction of sp³-hybridized carbons (Fsp3) is 0.333. The van der Waals surface area contributed by atoms with E-state index in [0.717, 1.165) is 16.6 Å². The number of aliphatic imine (C=N–C) groups is 1. The monoisotopic (exact) mass is 458 g/mol. The fourth-order valence-electron chi connectivity index (χ4n) is 4.09. The number of rotatable bonds is 4. The smallest absolute Gasteiger partial charge is 0.358 e. The largest absolute Gasteiger partial charge is 0.464 e. The summed E-state index contributed by atoms with van der Waals surface area (Å²) in [4.78, 5) is 33.1. The zero-order valence-corrected chi connectivity index (χ0v) is 19.3. The molecule has 0 saturated carbocycles. The Morgan fingerprint density at radius 2 is 2.06 bits per heavy atom. The number of hydrogen-bond donors (Lipinski definition) is 1. The molecule has 1 aromatic carbocycles. The molecule has 1 atom stereocenters. The van der Waals surface area contributed by atoms with Gasteiger partial charge in [-0.1, -0.05) is 19.9 Å². The maximum atomic E-state index is 11.7. The van der Waals surface area contributed by atoms with E-state index in [-0.39, 0.29) is 17.7 Å². The van der Waals surface area contributed by atoms with Crippen LogP contribution in [0.2, 0.25) is 0 Å². The van der Waals surface area contributed by atoms with Gasteiger partial charge in [0.2, 0.25) is 12.2 Å². The highest BCUT2D eigenvalue weighted by Crippen LogP contribution is 2.25. The first-order valence-corrected chi connectivity index (χ1v) is 11.0. The highest BCUT2D eigenvalue weighted by Gasteiger charge is 2.32. The Bertz CT molecular complexity index is 1230. The van der Waals surface area contributed by atoms with E-state index in [1.807, 2.05) is 36.5 Å². The molecular weight excluding hydrogens is 432 g/mol. The summed E-state index contributed by atoms with van der Waals surface area (Å²) in [6.07, 6.45) is 6.72. The van der Waals surface area contributed by atoms with Crippen molar-refractivity contribution in [1.82, 2.24) is 19.9 Å². The van der Waals surface area contributed by atoms with Gasteiger partial charge < -0.3 is 19.9 Å². The van der Waals surface area contributed by atoms with Crippen LogP contribution in [0.4, 0.5) is 11.5 Å². The molecule has 0 radical (unpaired) electrons. The molecule has 0 amide bonds. The van der Waals surface area contributed by atoms with E-state index >= 15 is 0 Å². The summed E-state index contributed by atoms with van der Waals surface area (Å²) >= 11 is 0. The van der Waals surface area contributed by atoms with Gasteiger partial charge in [0.05, 0.1) is 36.7 Å². The van der Waals surface area contributed by atoms with Gasteiger partial charge in [0.25, 0.3) is 0 Å². The number of nitrogens with zero attached hydrogens (tertiary/aromatic N) is 7. The third-order valence-electron chi connectivity index (χ3n) is 5.86. The van der Waals surface area contributed by atoms with Crippen molar-refractivity contribution in [2.24, 2.45) is 10.9 Å². The third-order valence-corrected chi connectivity index (χ3v) is 5.86. The van der Waals surface area contributed by atoms with E-state index in [9.17, 15) is 10.1 Å². The minimum atomic E-state index is -0.518. The van der Waals surface area contributed by atoms with Crippen molar-refractivity contribution in [3.63, 3.8) is 0 Å². The second kappa shape index (κ2) is 10.1. The van der Waals surface area contributed by atoms with Crippen LogP contribution in [0, 0.1) is 17.4 Å². The first kappa shape index (κ1) is 22.9. The lowest BCUT2D eigenvalue weighted by Gasteiger charge is -2.44. The lowest BCUT2D eigenvalue weighted by Crippen LogP contribution is -2.58. The number of carbonyl (C=O) groups excluding carboxylic acids is 1. The number of benzene rings is 1. The second-order valence-corrected chi connectivity index (χ2v) is 8.24. The van der Waals surface area contributed by atoms with Crippen LogP contribution < -0.4 is 10.2 Å². The molecule has 0 bridgehead atoms. The van der Waals surface area contributed by atoms with Crippen LogP contribution in [0.5, 0.6) is 0 Å². The van der Waals surface area contributed by atoms with Crippen LogP contribution in [-0.2, 0) is 4.74 Å². The molecule has 10 heteroatoms. The molecule has 3 heterocycles. The molecule has 1 N–H and O–H groups in total. The number of nitriles is 1. The normalized spacial score (nSPS) is 16.4. The standard InChI is InChI=1S/C24H26N8O2/c1-16(2)21-14-31(22-13-27-20(12-28-22)23(33)34-3)10-11-32(21)24(29-15-25)30-19-8-4-7-18-17(19)6-5-9-26-18/h4-9,12-13,16,21H,10-11,14H2,1-3H3,(H,29,30). The van der Waals surface area contributed by atoms with Crippen molar-refractivity contribution in [2.45, 2.75) is 19.9 Å². The Hall–Kier alpha value is -4.26. The number of fused-ring (bicyclic) bond motifs is 1. The molecule has 174 valence electrons. The molecule has 34 heavy (non-hydrogen) atoms. The van der Waals surface area contributed by atoms with E-state index in [2.05, 4.69) is 48.9 Å². The van der Waals surface area contributed by atoms with E-state index in [4.69, 9.17) is 4.74 Å². The molecule has 1 fully saturated rings. The van der Waals surface area contributed by atoms with E-state index in [0.29, 0.717) is 31.4 Å². The van der Waals surface area contributed by atoms with Crippen LogP contribution in [0.25, 0.3) is 10.9 Å². The number of methoxy groups -OCH3 is 1. The van der Waals surface area contributed by atoms with Crippen molar-refractivity contribution >= 4 is 34.3 Å². The highest BCUT2D eigenvalue weighted by molar-refractivity contribution is 6.02. The van der Waals surface area contributed by atoms with Gasteiger partial charge in [0.15, 0.2) is 5.69 Å². The number of anilines is 2. The molecule has 1 unspecified atom stereocenters. The predicted molar refractivity (Wildman–Crippen MR) is 129 cm³/mol. The number of piperazine rings is 1. The predicted octanol–water partition coefficient (Wildman–Crippen LogP) is 2.91. The van der Waals surface area contributed by atoms with Crippen LogP contribution in [-0.4, -0.2) is 64.6 Å². The van der Waals surface area contributed by atoms with Crippen molar-refractivity contribution in [3.8, 4) is 6.19 Å². The van der Waals surface area contributed by atoms with Gasteiger partial charge in [-0.3, -0.25) is 4.98 Å². The molecule has 1 saturated heterocycles. The summed E-state index contributed by atoms with van der Waals surface area (Å²) in [7, 11) is 1.31. The van der Waals surface area contributed by atoms with Crippen molar-refractivity contribution in [1.29, 1.82) is 5.26 Å². The number of nitrogens with one attached hydrogen (secondary N) is 1. The summed E-state index contributed by atoms with van der Waals surface area (Å²) in [5.41, 5.74) is 1.87. The summed E-state index contributed by atoms with van der Waals surface area (Å²) < 4.78 is 4.70. The van der Waals surface area contributed by atoms with Gasteiger partial charge in [-0.15, -0.1) is 4.99 Å². The number of pyridine rings is 1. The van der Waals surface area contributed by atoms with E-state index in [1.54, 1.807) is 12.4 Å². The summed E-state index contributed by atoms with van der Waals surface area (Å²) in [5, 5.41) is 13.8. The van der Waals surface area contributed by atoms with Gasteiger partial charge in [0, 0.05) is 31.2 Å². The fourth-order valence-corrected chi connectivity index (χ4v) is 4.09. The van der Waals surface area contributed by atoms with Crippen LogP contribution >= 0.6 is 0 Å². The lowest BCUT2D eigenvalue weighted by molar-refractivity contribution is 0.0593. The van der Waals surface area contributed by atoms with Gasteiger partial charge >= 0.3 is 5.97 Å². The average Bonchev–Trinajstić information content (AvgIpc) is 2.88. The minimum absolute atomic E-state index is 0.0588. The number of aromatic nitrogens is 3. The van der Waals surface area contributed by atoms with E-state index < -0.39 is 5.97 Å². The van der Waals surface area contributed by atoms with Crippen LogP contribution in [0.1, 0.15) is 24.3 Å². The number of guanidine groups is 1. The first-order chi connectivity index (χ1) is 16.5. The summed E-state index contributed by atoms with van der Waals surface area (Å²) in [6.45, 7) is 6.21. The Balaban J connectivity index is 1.57. The Labute approximate surface area is 197 Å².